The van der Waals surface area contributed by atoms with Crippen LogP contribution in [-0.4, -0.2) is 49.6 Å². The van der Waals surface area contributed by atoms with Gasteiger partial charge in [-0.2, -0.15) is 5.06 Å². The lowest BCUT2D eigenvalue weighted by Crippen LogP contribution is -2.45. The van der Waals surface area contributed by atoms with Crippen LogP contribution in [0.4, 0.5) is 0 Å². The smallest absolute Gasteiger partial charge is 0.306 e. The SMILES string of the molecule is C=CCOC(=O)CC1(CN(C=O)Oc2cccc([C@](CC)(C(C)C)N(C)C)c2)CCCCC1. The maximum Gasteiger partial charge on any atom is 0.306 e. The molecule has 0 N–H and O–H groups in total. The van der Waals surface area contributed by atoms with Crippen LogP contribution in [0.3, 0.4) is 0 Å². The van der Waals surface area contributed by atoms with Gasteiger partial charge < -0.3 is 9.57 Å². The summed E-state index contributed by atoms with van der Waals surface area (Å²) < 4.78 is 5.25. The lowest BCUT2D eigenvalue weighted by Gasteiger charge is -2.44. The zero-order valence-electron chi connectivity index (χ0n) is 21.1. The van der Waals surface area contributed by atoms with Crippen molar-refractivity contribution >= 4 is 12.4 Å². The lowest BCUT2D eigenvalue weighted by atomic mass is 9.71. The second kappa shape index (κ2) is 12.2. The highest BCUT2D eigenvalue weighted by Gasteiger charge is 2.38. The zero-order chi connectivity index (χ0) is 24.5. The maximum absolute atomic E-state index is 12.4. The van der Waals surface area contributed by atoms with E-state index in [2.05, 4.69) is 52.4 Å². The van der Waals surface area contributed by atoms with E-state index in [0.717, 1.165) is 50.5 Å². The predicted octanol–water partition coefficient (Wildman–Crippen LogP) is 5.33. The van der Waals surface area contributed by atoms with Crippen molar-refractivity contribution in [1.82, 2.24) is 9.96 Å². The molecule has 1 amide bonds. The van der Waals surface area contributed by atoms with E-state index in [4.69, 9.17) is 9.57 Å². The number of rotatable bonds is 13. The van der Waals surface area contributed by atoms with Gasteiger partial charge in [-0.05, 0) is 57.0 Å². The quantitative estimate of drug-likeness (QED) is 0.173. The van der Waals surface area contributed by atoms with Crippen LogP contribution in [-0.2, 0) is 19.9 Å². The molecule has 0 aromatic heterocycles. The molecule has 1 aromatic carbocycles. The van der Waals surface area contributed by atoms with Crippen LogP contribution in [0.1, 0.15) is 71.3 Å². The highest BCUT2D eigenvalue weighted by Crippen LogP contribution is 2.41. The summed E-state index contributed by atoms with van der Waals surface area (Å²) in [5, 5.41) is 1.35. The third-order valence-electron chi connectivity index (χ3n) is 7.25. The molecule has 0 bridgehead atoms. The van der Waals surface area contributed by atoms with Gasteiger partial charge in [0.25, 0.3) is 0 Å². The number of hydroxylamine groups is 2. The van der Waals surface area contributed by atoms with Crippen molar-refractivity contribution in [1.29, 1.82) is 0 Å². The molecule has 6 nitrogen and oxygen atoms in total. The topological polar surface area (TPSA) is 59.1 Å². The van der Waals surface area contributed by atoms with Gasteiger partial charge in [-0.15, -0.1) is 0 Å². The standard InChI is InChI=1S/C27H42N2O4/c1-7-17-32-25(31)19-26(15-10-9-11-16-26)20-29(21-30)33-24-14-12-13-23(18-24)27(8-2,22(3)4)28(5)6/h7,12-14,18,21-22H,1,8-11,15-17,19-20H2,2-6H3/t27-/m0/s1. The Balaban J connectivity index is 2.24. The van der Waals surface area contributed by atoms with E-state index in [1.807, 2.05) is 18.2 Å². The van der Waals surface area contributed by atoms with Crippen LogP contribution in [0.2, 0.25) is 0 Å². The molecule has 0 unspecified atom stereocenters. The Morgan fingerprint density at radius 1 is 1.24 bits per heavy atom. The fraction of sp³-hybridized carbons (Fsp3) is 0.630. The maximum atomic E-state index is 12.4. The molecule has 1 aliphatic rings. The summed E-state index contributed by atoms with van der Waals surface area (Å²) in [4.78, 5) is 32.7. The van der Waals surface area contributed by atoms with E-state index in [1.54, 1.807) is 6.08 Å². The average molecular weight is 459 g/mol. The predicted molar refractivity (Wildman–Crippen MR) is 132 cm³/mol. The molecule has 1 aromatic rings. The molecule has 1 saturated carbocycles. The van der Waals surface area contributed by atoms with Gasteiger partial charge in [0, 0.05) is 11.0 Å². The number of esters is 1. The number of nitrogens with zero attached hydrogens (tertiary/aromatic N) is 2. The molecule has 2 rings (SSSR count). The minimum atomic E-state index is -0.330. The van der Waals surface area contributed by atoms with Crippen molar-refractivity contribution in [2.45, 2.75) is 71.3 Å². The number of hydrogen-bond acceptors (Lipinski definition) is 5. The van der Waals surface area contributed by atoms with Crippen molar-refractivity contribution < 1.29 is 19.2 Å². The number of carbonyl (C=O) groups excluding carboxylic acids is 2. The second-order valence-electron chi connectivity index (χ2n) is 9.84. The first kappa shape index (κ1) is 26.9. The highest BCUT2D eigenvalue weighted by atomic mass is 16.7. The molecule has 1 fully saturated rings. The summed E-state index contributed by atoms with van der Waals surface area (Å²) in [6, 6.07) is 8.01. The van der Waals surface area contributed by atoms with E-state index >= 15 is 0 Å². The van der Waals surface area contributed by atoms with E-state index in [1.165, 1.54) is 5.06 Å². The molecule has 0 aliphatic heterocycles. The monoisotopic (exact) mass is 458 g/mol. The van der Waals surface area contributed by atoms with Crippen molar-refractivity contribution in [3.63, 3.8) is 0 Å². The molecule has 0 spiro atoms. The Bertz CT molecular complexity index is 776. The number of ether oxygens (including phenoxy) is 1. The Morgan fingerprint density at radius 2 is 1.94 bits per heavy atom. The van der Waals surface area contributed by atoms with Crippen molar-refractivity contribution in [2.75, 3.05) is 27.2 Å². The van der Waals surface area contributed by atoms with E-state index in [9.17, 15) is 9.59 Å². The first-order chi connectivity index (χ1) is 15.7. The van der Waals surface area contributed by atoms with Crippen LogP contribution in [0.25, 0.3) is 0 Å². The summed E-state index contributed by atoms with van der Waals surface area (Å²) in [5.74, 6) is 0.766. The summed E-state index contributed by atoms with van der Waals surface area (Å²) >= 11 is 0. The zero-order valence-corrected chi connectivity index (χ0v) is 21.1. The van der Waals surface area contributed by atoms with Crippen LogP contribution < -0.4 is 4.84 Å². The lowest BCUT2D eigenvalue weighted by molar-refractivity contribution is -0.156. The Morgan fingerprint density at radius 3 is 2.48 bits per heavy atom. The summed E-state index contributed by atoms with van der Waals surface area (Å²) in [5.41, 5.74) is 0.697. The number of amides is 1. The minimum absolute atomic E-state index is 0.134. The van der Waals surface area contributed by atoms with E-state index in [0.29, 0.717) is 18.2 Å². The van der Waals surface area contributed by atoms with E-state index in [-0.39, 0.29) is 30.0 Å². The van der Waals surface area contributed by atoms with E-state index < -0.39 is 0 Å². The number of hydrogen-bond donors (Lipinski definition) is 0. The third-order valence-corrected chi connectivity index (χ3v) is 7.25. The van der Waals surface area contributed by atoms with Crippen molar-refractivity contribution in [3.8, 4) is 5.75 Å². The second-order valence-corrected chi connectivity index (χ2v) is 9.84. The number of carbonyl (C=O) groups is 2. The van der Waals surface area contributed by atoms with Gasteiger partial charge in [-0.25, -0.2) is 0 Å². The van der Waals surface area contributed by atoms with Gasteiger partial charge in [-0.3, -0.25) is 14.5 Å². The Hall–Kier alpha value is -2.34. The molecule has 1 atom stereocenters. The highest BCUT2D eigenvalue weighted by molar-refractivity contribution is 5.70. The molecule has 0 heterocycles. The van der Waals surface area contributed by atoms with Crippen LogP contribution in [0, 0.1) is 11.3 Å². The summed E-state index contributed by atoms with van der Waals surface area (Å²) in [7, 11) is 4.21. The fourth-order valence-corrected chi connectivity index (χ4v) is 5.62. The van der Waals surface area contributed by atoms with Crippen LogP contribution in [0.5, 0.6) is 5.75 Å². The van der Waals surface area contributed by atoms with Crippen LogP contribution in [0.15, 0.2) is 36.9 Å². The largest absolute Gasteiger partial charge is 0.461 e. The summed E-state index contributed by atoms with van der Waals surface area (Å²) in [6.45, 7) is 10.8. The minimum Gasteiger partial charge on any atom is -0.461 e. The Labute approximate surface area is 199 Å². The molecule has 33 heavy (non-hydrogen) atoms. The normalized spacial score (nSPS) is 17.3. The molecule has 6 heteroatoms. The van der Waals surface area contributed by atoms with Gasteiger partial charge in [-0.1, -0.05) is 64.8 Å². The van der Waals surface area contributed by atoms with Gasteiger partial charge in [0.15, 0.2) is 5.75 Å². The average Bonchev–Trinajstić information content (AvgIpc) is 2.78. The van der Waals surface area contributed by atoms with Crippen molar-refractivity contribution in [3.05, 3.63) is 42.5 Å². The molecule has 0 saturated heterocycles. The first-order valence-electron chi connectivity index (χ1n) is 12.2. The summed E-state index contributed by atoms with van der Waals surface area (Å²) in [6.07, 6.45) is 8.48. The van der Waals surface area contributed by atoms with Gasteiger partial charge in [0.1, 0.15) is 6.61 Å². The molecular weight excluding hydrogens is 416 g/mol. The third kappa shape index (κ3) is 6.59. The Kier molecular flexibility index (Phi) is 9.96. The number of benzene rings is 1. The molecule has 184 valence electrons. The molecular formula is C27H42N2O4. The van der Waals surface area contributed by atoms with Gasteiger partial charge in [0.2, 0.25) is 6.41 Å². The van der Waals surface area contributed by atoms with Gasteiger partial charge in [0.05, 0.1) is 13.0 Å². The van der Waals surface area contributed by atoms with Gasteiger partial charge >= 0.3 is 5.97 Å². The molecule has 1 aliphatic carbocycles. The van der Waals surface area contributed by atoms with Crippen LogP contribution >= 0.6 is 0 Å². The van der Waals surface area contributed by atoms with Crippen molar-refractivity contribution in [2.24, 2.45) is 11.3 Å². The molecule has 0 radical (unpaired) electrons. The first-order valence-corrected chi connectivity index (χ1v) is 12.2. The fourth-order valence-electron chi connectivity index (χ4n) is 5.62.